The van der Waals surface area contributed by atoms with Crippen molar-refractivity contribution in [3.63, 3.8) is 0 Å². The van der Waals surface area contributed by atoms with Crippen LogP contribution in [0.4, 0.5) is 5.69 Å². The summed E-state index contributed by atoms with van der Waals surface area (Å²) < 4.78 is 13.6. The first kappa shape index (κ1) is 24.1. The van der Waals surface area contributed by atoms with Gasteiger partial charge in [-0.3, -0.25) is 4.79 Å². The van der Waals surface area contributed by atoms with Gasteiger partial charge in [0.2, 0.25) is 5.91 Å². The Morgan fingerprint density at radius 2 is 1.78 bits per heavy atom. The summed E-state index contributed by atoms with van der Waals surface area (Å²) in [5, 5.41) is 3.03. The van der Waals surface area contributed by atoms with Crippen molar-refractivity contribution in [1.82, 2.24) is 9.38 Å². The third kappa shape index (κ3) is 5.64. The molecule has 0 aliphatic rings. The molecule has 0 aliphatic carbocycles. The van der Waals surface area contributed by atoms with E-state index in [1.165, 1.54) is 0 Å². The van der Waals surface area contributed by atoms with Crippen molar-refractivity contribution in [3.8, 4) is 11.5 Å². The number of aromatic nitrogens is 2. The average Bonchev–Trinajstić information content (AvgIpc) is 3.37. The van der Waals surface area contributed by atoms with Crippen molar-refractivity contribution in [2.45, 2.75) is 25.9 Å². The van der Waals surface area contributed by atoms with Gasteiger partial charge in [-0.05, 0) is 54.4 Å². The smallest absolute Gasteiger partial charge is 0.225 e. The summed E-state index contributed by atoms with van der Waals surface area (Å²) in [7, 11) is 1.64. The summed E-state index contributed by atoms with van der Waals surface area (Å²) in [6.07, 6.45) is 4.02. The first-order chi connectivity index (χ1) is 18.1. The molecule has 1 amide bonds. The largest absolute Gasteiger partial charge is 0.497 e. The molecule has 6 nitrogen and oxygen atoms in total. The molecule has 2 aromatic heterocycles. The maximum absolute atomic E-state index is 13.2. The highest BCUT2D eigenvalue weighted by atomic mass is 16.5. The number of methoxy groups -OCH3 is 1. The number of rotatable bonds is 9. The van der Waals surface area contributed by atoms with E-state index in [0.29, 0.717) is 18.0 Å². The van der Waals surface area contributed by atoms with Crippen molar-refractivity contribution >= 4 is 17.2 Å². The minimum atomic E-state index is -0.250. The van der Waals surface area contributed by atoms with Crippen LogP contribution in [0.3, 0.4) is 0 Å². The van der Waals surface area contributed by atoms with Crippen molar-refractivity contribution < 1.29 is 14.3 Å². The van der Waals surface area contributed by atoms with E-state index in [1.54, 1.807) is 7.11 Å². The SMILES string of the molecule is COc1cccc(C(CC(=O)Nc2ccc(C)cc2)c2cnc3c(OCc4ccccc4)cccn23)c1. The second kappa shape index (κ2) is 11.0. The zero-order valence-electron chi connectivity index (χ0n) is 20.9. The number of hydrogen-bond acceptors (Lipinski definition) is 4. The second-order valence-electron chi connectivity index (χ2n) is 8.97. The molecule has 6 heteroatoms. The average molecular weight is 492 g/mol. The molecule has 5 rings (SSSR count). The Morgan fingerprint density at radius 3 is 2.57 bits per heavy atom. The Bertz CT molecular complexity index is 1490. The fraction of sp³-hybridized carbons (Fsp3) is 0.161. The van der Waals surface area contributed by atoms with Crippen molar-refractivity contribution in [3.05, 3.63) is 126 Å². The molecule has 1 atom stereocenters. The van der Waals surface area contributed by atoms with Gasteiger partial charge in [0.1, 0.15) is 12.4 Å². The van der Waals surface area contributed by atoms with Gasteiger partial charge in [-0.15, -0.1) is 0 Å². The molecule has 0 saturated carbocycles. The maximum Gasteiger partial charge on any atom is 0.225 e. The van der Waals surface area contributed by atoms with Crippen LogP contribution in [0.1, 0.15) is 34.7 Å². The standard InChI is InChI=1S/C31H29N3O3/c1-22-13-15-25(16-14-22)33-30(35)19-27(24-10-6-11-26(18-24)36-2)28-20-32-31-29(12-7-17-34(28)31)37-21-23-8-4-3-5-9-23/h3-18,20,27H,19,21H2,1-2H3,(H,33,35). The van der Waals surface area contributed by atoms with Crippen LogP contribution in [0.5, 0.6) is 11.5 Å². The van der Waals surface area contributed by atoms with Crippen LogP contribution in [-0.2, 0) is 11.4 Å². The number of benzene rings is 3. The summed E-state index contributed by atoms with van der Waals surface area (Å²) in [6, 6.07) is 29.5. The molecule has 1 unspecified atom stereocenters. The first-order valence-electron chi connectivity index (χ1n) is 12.2. The van der Waals surface area contributed by atoms with Gasteiger partial charge in [0.25, 0.3) is 0 Å². The van der Waals surface area contributed by atoms with Gasteiger partial charge >= 0.3 is 0 Å². The highest BCUT2D eigenvalue weighted by molar-refractivity contribution is 5.91. The minimum Gasteiger partial charge on any atom is -0.497 e. The van der Waals surface area contributed by atoms with Crippen LogP contribution >= 0.6 is 0 Å². The van der Waals surface area contributed by atoms with Crippen molar-refractivity contribution in [1.29, 1.82) is 0 Å². The Balaban J connectivity index is 1.46. The summed E-state index contributed by atoms with van der Waals surface area (Å²) >= 11 is 0. The number of aryl methyl sites for hydroxylation is 1. The fourth-order valence-electron chi connectivity index (χ4n) is 4.40. The molecule has 3 aromatic carbocycles. The van der Waals surface area contributed by atoms with E-state index in [2.05, 4.69) is 5.32 Å². The normalized spacial score (nSPS) is 11.7. The summed E-state index contributed by atoms with van der Waals surface area (Å²) in [5.41, 5.74) is 5.57. The number of imidazole rings is 1. The van der Waals surface area contributed by atoms with E-state index in [1.807, 2.05) is 115 Å². The van der Waals surface area contributed by atoms with Gasteiger partial charge in [-0.1, -0.05) is 60.2 Å². The third-order valence-corrected chi connectivity index (χ3v) is 6.34. The number of fused-ring (bicyclic) bond motifs is 1. The molecule has 2 heterocycles. The molecule has 186 valence electrons. The van der Waals surface area contributed by atoms with Gasteiger partial charge in [-0.2, -0.15) is 0 Å². The predicted octanol–water partition coefficient (Wildman–Crippen LogP) is 6.39. The lowest BCUT2D eigenvalue weighted by Crippen LogP contribution is -2.17. The Labute approximate surface area is 216 Å². The number of pyridine rings is 1. The number of hydrogen-bond donors (Lipinski definition) is 1. The Morgan fingerprint density at radius 1 is 0.973 bits per heavy atom. The van der Waals surface area contributed by atoms with Gasteiger partial charge < -0.3 is 19.2 Å². The number of amides is 1. The van der Waals surface area contributed by atoms with Gasteiger partial charge in [0.15, 0.2) is 11.4 Å². The first-order valence-corrected chi connectivity index (χ1v) is 12.2. The molecule has 0 radical (unpaired) electrons. The predicted molar refractivity (Wildman–Crippen MR) is 145 cm³/mol. The van der Waals surface area contributed by atoms with E-state index in [0.717, 1.165) is 33.8 Å². The molecule has 0 saturated heterocycles. The highest BCUT2D eigenvalue weighted by Crippen LogP contribution is 2.33. The monoisotopic (exact) mass is 491 g/mol. The quantitative estimate of drug-likeness (QED) is 0.259. The second-order valence-corrected chi connectivity index (χ2v) is 8.97. The molecular weight excluding hydrogens is 462 g/mol. The van der Waals surface area contributed by atoms with Crippen LogP contribution in [0, 0.1) is 6.92 Å². The fourth-order valence-corrected chi connectivity index (χ4v) is 4.40. The van der Waals surface area contributed by atoms with E-state index >= 15 is 0 Å². The maximum atomic E-state index is 13.2. The van der Waals surface area contributed by atoms with Crippen LogP contribution in [0.25, 0.3) is 5.65 Å². The molecular formula is C31H29N3O3. The van der Waals surface area contributed by atoms with Crippen molar-refractivity contribution in [2.75, 3.05) is 12.4 Å². The Hall–Kier alpha value is -4.58. The number of nitrogens with one attached hydrogen (secondary N) is 1. The minimum absolute atomic E-state index is 0.0805. The van der Waals surface area contributed by atoms with E-state index in [-0.39, 0.29) is 18.2 Å². The van der Waals surface area contributed by atoms with Crippen molar-refractivity contribution in [2.24, 2.45) is 0 Å². The lowest BCUT2D eigenvalue weighted by molar-refractivity contribution is -0.116. The van der Waals surface area contributed by atoms with Gasteiger partial charge in [0.05, 0.1) is 12.8 Å². The lowest BCUT2D eigenvalue weighted by Gasteiger charge is -2.18. The number of carbonyl (C=O) groups is 1. The highest BCUT2D eigenvalue weighted by Gasteiger charge is 2.23. The number of carbonyl (C=O) groups excluding carboxylic acids is 1. The zero-order valence-corrected chi connectivity index (χ0v) is 20.9. The molecule has 1 N–H and O–H groups in total. The van der Waals surface area contributed by atoms with Gasteiger partial charge in [-0.25, -0.2) is 4.98 Å². The topological polar surface area (TPSA) is 64.9 Å². The summed E-state index contributed by atoms with van der Waals surface area (Å²) in [6.45, 7) is 2.47. The van der Waals surface area contributed by atoms with Crippen LogP contribution in [0.2, 0.25) is 0 Å². The van der Waals surface area contributed by atoms with Crippen LogP contribution < -0.4 is 14.8 Å². The lowest BCUT2D eigenvalue weighted by atomic mass is 9.92. The zero-order chi connectivity index (χ0) is 25.6. The van der Waals surface area contributed by atoms with E-state index < -0.39 is 0 Å². The molecule has 0 aliphatic heterocycles. The third-order valence-electron chi connectivity index (χ3n) is 6.34. The molecule has 37 heavy (non-hydrogen) atoms. The Kier molecular flexibility index (Phi) is 7.17. The number of anilines is 1. The van der Waals surface area contributed by atoms with Crippen LogP contribution in [0.15, 0.2) is 103 Å². The number of nitrogens with zero attached hydrogens (tertiary/aromatic N) is 2. The summed E-state index contributed by atoms with van der Waals surface area (Å²) in [5.74, 6) is 1.09. The van der Waals surface area contributed by atoms with Gasteiger partial charge in [0, 0.05) is 30.4 Å². The molecule has 0 fully saturated rings. The van der Waals surface area contributed by atoms with E-state index in [9.17, 15) is 4.79 Å². The molecule has 5 aromatic rings. The van der Waals surface area contributed by atoms with E-state index in [4.69, 9.17) is 14.5 Å². The molecule has 0 spiro atoms. The summed E-state index contributed by atoms with van der Waals surface area (Å²) in [4.78, 5) is 17.9. The number of ether oxygens (including phenoxy) is 2. The van der Waals surface area contributed by atoms with Crippen LogP contribution in [-0.4, -0.2) is 22.4 Å². The molecule has 0 bridgehead atoms.